The van der Waals surface area contributed by atoms with E-state index < -0.39 is 0 Å². The Morgan fingerprint density at radius 1 is 1.04 bits per heavy atom. The van der Waals surface area contributed by atoms with Crippen LogP contribution in [0.25, 0.3) is 0 Å². The lowest BCUT2D eigenvalue weighted by Gasteiger charge is -2.31. The average molecular weight is 373 g/mol. The summed E-state index contributed by atoms with van der Waals surface area (Å²) in [6, 6.07) is 4.27. The van der Waals surface area contributed by atoms with Crippen molar-refractivity contribution in [2.24, 2.45) is 5.92 Å². The SMILES string of the molecule is C=CC1CCC(c2ccc(C3CCC(CCCCC)CC3)c(F)c2C)CO1. The third kappa shape index (κ3) is 5.02. The van der Waals surface area contributed by atoms with E-state index in [9.17, 15) is 0 Å². The molecule has 27 heavy (non-hydrogen) atoms. The standard InChI is InChI=1S/C25H37FO/c1-4-6-7-8-19-9-11-20(12-10-19)24-16-15-23(18(3)25(24)26)21-13-14-22(5-2)27-17-21/h5,15-16,19-22H,2,4,6-14,17H2,1,3H3. The molecule has 2 aliphatic rings. The predicted octanol–water partition coefficient (Wildman–Crippen LogP) is 7.44. The van der Waals surface area contributed by atoms with E-state index in [1.807, 2.05) is 13.0 Å². The third-order valence-electron chi connectivity index (χ3n) is 6.97. The van der Waals surface area contributed by atoms with E-state index in [0.717, 1.165) is 48.3 Å². The van der Waals surface area contributed by atoms with E-state index in [2.05, 4.69) is 25.6 Å². The van der Waals surface area contributed by atoms with Gasteiger partial charge in [0.25, 0.3) is 0 Å². The lowest BCUT2D eigenvalue weighted by molar-refractivity contribution is 0.0327. The summed E-state index contributed by atoms with van der Waals surface area (Å²) in [7, 11) is 0. The van der Waals surface area contributed by atoms with Crippen LogP contribution in [0.3, 0.4) is 0 Å². The molecule has 2 unspecified atom stereocenters. The molecule has 1 aromatic rings. The van der Waals surface area contributed by atoms with Gasteiger partial charge in [-0.3, -0.25) is 0 Å². The maximum Gasteiger partial charge on any atom is 0.129 e. The lowest BCUT2D eigenvalue weighted by Crippen LogP contribution is -2.24. The van der Waals surface area contributed by atoms with Crippen molar-refractivity contribution in [3.05, 3.63) is 47.3 Å². The van der Waals surface area contributed by atoms with Gasteiger partial charge in [0.05, 0.1) is 12.7 Å². The molecule has 1 nitrogen and oxygen atoms in total. The maximum atomic E-state index is 15.2. The van der Waals surface area contributed by atoms with Crippen molar-refractivity contribution in [3.8, 4) is 0 Å². The molecule has 0 bridgehead atoms. The fourth-order valence-corrected chi connectivity index (χ4v) is 5.13. The predicted molar refractivity (Wildman–Crippen MR) is 112 cm³/mol. The highest BCUT2D eigenvalue weighted by Gasteiger charge is 2.28. The van der Waals surface area contributed by atoms with E-state index in [-0.39, 0.29) is 11.9 Å². The van der Waals surface area contributed by atoms with Crippen molar-refractivity contribution in [2.45, 2.75) is 96.0 Å². The molecule has 0 radical (unpaired) electrons. The van der Waals surface area contributed by atoms with Crippen molar-refractivity contribution in [3.63, 3.8) is 0 Å². The first kappa shape index (κ1) is 20.6. The average Bonchev–Trinajstić information content (AvgIpc) is 2.71. The second-order valence-corrected chi connectivity index (χ2v) is 8.78. The largest absolute Gasteiger partial charge is 0.374 e. The Morgan fingerprint density at radius 3 is 2.37 bits per heavy atom. The molecular weight excluding hydrogens is 335 g/mol. The molecule has 0 amide bonds. The second kappa shape index (κ2) is 9.87. The molecule has 0 N–H and O–H groups in total. The van der Waals surface area contributed by atoms with E-state index in [1.165, 1.54) is 38.5 Å². The first-order valence-electron chi connectivity index (χ1n) is 11.2. The highest BCUT2D eigenvalue weighted by Crippen LogP contribution is 2.40. The van der Waals surface area contributed by atoms with Gasteiger partial charge >= 0.3 is 0 Å². The number of hydrogen-bond acceptors (Lipinski definition) is 1. The molecule has 1 aliphatic carbocycles. The van der Waals surface area contributed by atoms with Gasteiger partial charge in [0.2, 0.25) is 0 Å². The van der Waals surface area contributed by atoms with Gasteiger partial charge in [0.15, 0.2) is 0 Å². The number of halogens is 1. The number of benzene rings is 1. The summed E-state index contributed by atoms with van der Waals surface area (Å²) in [6.45, 7) is 8.73. The zero-order valence-corrected chi connectivity index (χ0v) is 17.3. The summed E-state index contributed by atoms with van der Waals surface area (Å²) in [4.78, 5) is 0. The fraction of sp³-hybridized carbons (Fsp3) is 0.680. The van der Waals surface area contributed by atoms with Gasteiger partial charge in [-0.25, -0.2) is 4.39 Å². The van der Waals surface area contributed by atoms with E-state index >= 15 is 4.39 Å². The Bertz CT molecular complexity index is 607. The summed E-state index contributed by atoms with van der Waals surface area (Å²) in [5, 5.41) is 0. The van der Waals surface area contributed by atoms with Gasteiger partial charge in [0.1, 0.15) is 5.82 Å². The molecule has 2 heteroatoms. The van der Waals surface area contributed by atoms with Crippen LogP contribution in [0.2, 0.25) is 0 Å². The van der Waals surface area contributed by atoms with Crippen LogP contribution in [-0.2, 0) is 4.74 Å². The van der Waals surface area contributed by atoms with E-state index in [1.54, 1.807) is 0 Å². The Hall–Kier alpha value is -1.15. The first-order chi connectivity index (χ1) is 13.1. The number of hydrogen-bond donors (Lipinski definition) is 0. The maximum absolute atomic E-state index is 15.2. The Balaban J connectivity index is 1.61. The highest BCUT2D eigenvalue weighted by molar-refractivity contribution is 5.37. The minimum Gasteiger partial charge on any atom is -0.374 e. The molecular formula is C25H37FO. The van der Waals surface area contributed by atoms with Crippen LogP contribution >= 0.6 is 0 Å². The lowest BCUT2D eigenvalue weighted by atomic mass is 9.76. The first-order valence-corrected chi connectivity index (χ1v) is 11.2. The molecule has 2 atom stereocenters. The topological polar surface area (TPSA) is 9.23 Å². The molecule has 150 valence electrons. The summed E-state index contributed by atoms with van der Waals surface area (Å²) in [5.41, 5.74) is 2.96. The number of ether oxygens (including phenoxy) is 1. The van der Waals surface area contributed by atoms with Crippen molar-refractivity contribution < 1.29 is 9.13 Å². The van der Waals surface area contributed by atoms with E-state index in [4.69, 9.17) is 4.74 Å². The molecule has 0 aromatic heterocycles. The number of unbranched alkanes of at least 4 members (excludes halogenated alkanes) is 2. The highest BCUT2D eigenvalue weighted by atomic mass is 19.1. The van der Waals surface area contributed by atoms with Crippen LogP contribution in [0.4, 0.5) is 4.39 Å². The molecule has 2 fully saturated rings. The molecule has 1 aliphatic heterocycles. The molecule has 1 aromatic carbocycles. The minimum absolute atomic E-state index is 0.0489. The summed E-state index contributed by atoms with van der Waals surface area (Å²) < 4.78 is 21.1. The smallest absolute Gasteiger partial charge is 0.129 e. The van der Waals surface area contributed by atoms with Gasteiger partial charge in [-0.15, -0.1) is 6.58 Å². The van der Waals surface area contributed by atoms with E-state index in [0.29, 0.717) is 18.4 Å². The Morgan fingerprint density at radius 2 is 1.74 bits per heavy atom. The van der Waals surface area contributed by atoms with Crippen molar-refractivity contribution in [1.82, 2.24) is 0 Å². The third-order valence-corrected chi connectivity index (χ3v) is 6.97. The molecule has 3 rings (SSSR count). The monoisotopic (exact) mass is 372 g/mol. The molecule has 0 spiro atoms. The van der Waals surface area contributed by atoms with Crippen LogP contribution in [0.5, 0.6) is 0 Å². The zero-order valence-electron chi connectivity index (χ0n) is 17.3. The van der Waals surface area contributed by atoms with Crippen molar-refractivity contribution in [1.29, 1.82) is 0 Å². The van der Waals surface area contributed by atoms with Crippen LogP contribution in [0.1, 0.15) is 99.7 Å². The summed E-state index contributed by atoms with van der Waals surface area (Å²) in [6.07, 6.45) is 14.3. The van der Waals surface area contributed by atoms with Gasteiger partial charge < -0.3 is 4.74 Å². The van der Waals surface area contributed by atoms with Gasteiger partial charge in [-0.2, -0.15) is 0 Å². The van der Waals surface area contributed by atoms with Gasteiger partial charge in [-0.1, -0.05) is 50.8 Å². The fourth-order valence-electron chi connectivity index (χ4n) is 5.13. The number of rotatable bonds is 7. The van der Waals surface area contributed by atoms with Crippen molar-refractivity contribution >= 4 is 0 Å². The molecule has 1 saturated carbocycles. The molecule has 1 saturated heterocycles. The normalized spacial score (nSPS) is 28.9. The zero-order chi connectivity index (χ0) is 19.2. The van der Waals surface area contributed by atoms with Crippen LogP contribution in [-0.4, -0.2) is 12.7 Å². The van der Waals surface area contributed by atoms with Crippen molar-refractivity contribution in [2.75, 3.05) is 6.61 Å². The Labute approximate surface area is 165 Å². The summed E-state index contributed by atoms with van der Waals surface area (Å²) >= 11 is 0. The van der Waals surface area contributed by atoms with Gasteiger partial charge in [0, 0.05) is 5.92 Å². The molecule has 1 heterocycles. The summed E-state index contributed by atoms with van der Waals surface area (Å²) in [5.74, 6) is 1.65. The van der Waals surface area contributed by atoms with Crippen LogP contribution < -0.4 is 0 Å². The Kier molecular flexibility index (Phi) is 7.52. The van der Waals surface area contributed by atoms with Crippen LogP contribution in [0, 0.1) is 18.7 Å². The minimum atomic E-state index is 0.0489. The van der Waals surface area contributed by atoms with Crippen LogP contribution in [0.15, 0.2) is 24.8 Å². The van der Waals surface area contributed by atoms with Gasteiger partial charge in [-0.05, 0) is 74.0 Å². The second-order valence-electron chi connectivity index (χ2n) is 8.78. The quantitative estimate of drug-likeness (QED) is 0.357.